The number of nitrogens with one attached hydrogen (secondary N) is 2. The second-order valence-electron chi connectivity index (χ2n) is 4.42. The van der Waals surface area contributed by atoms with Gasteiger partial charge in [0.15, 0.2) is 12.3 Å². The third-order valence-corrected chi connectivity index (χ3v) is 3.19. The van der Waals surface area contributed by atoms with E-state index in [1.54, 1.807) is 0 Å². The lowest BCUT2D eigenvalue weighted by atomic mass is 10.2. The largest absolute Gasteiger partial charge is 0.467 e. The number of hydrogen-bond donors (Lipinski definition) is 2. The number of H-pyrrole nitrogens is 1. The van der Waals surface area contributed by atoms with Crippen LogP contribution in [0.15, 0.2) is 14.4 Å². The fraction of sp³-hybridized carbons (Fsp3) is 0.273. The summed E-state index contributed by atoms with van der Waals surface area (Å²) in [4.78, 5) is 50.2. The number of carbonyl (C=O) groups excluding carboxylic acids is 1. The van der Waals surface area contributed by atoms with E-state index < -0.39 is 22.6 Å². The second-order valence-corrected chi connectivity index (χ2v) is 4.42. The van der Waals surface area contributed by atoms with Gasteiger partial charge in [0.05, 0.1) is 0 Å². The molecule has 9 heteroatoms. The number of pyridine rings is 1. The fourth-order valence-corrected chi connectivity index (χ4v) is 2.13. The molecule has 0 aromatic carbocycles. The van der Waals surface area contributed by atoms with Crippen LogP contribution in [0.5, 0.6) is 5.88 Å². The number of amides is 1. The van der Waals surface area contributed by atoms with Crippen LogP contribution < -0.4 is 26.7 Å². The molecule has 0 bridgehead atoms. The van der Waals surface area contributed by atoms with E-state index in [0.29, 0.717) is 0 Å². The average molecular weight is 278 g/mol. The van der Waals surface area contributed by atoms with Gasteiger partial charge >= 0.3 is 5.69 Å². The van der Waals surface area contributed by atoms with Gasteiger partial charge in [-0.05, 0) is 0 Å². The summed E-state index contributed by atoms with van der Waals surface area (Å²) in [7, 11) is 2.70. The Kier molecular flexibility index (Phi) is 2.33. The number of anilines is 1. The van der Waals surface area contributed by atoms with Crippen LogP contribution in [0.1, 0.15) is 0 Å². The van der Waals surface area contributed by atoms with Crippen LogP contribution in [-0.2, 0) is 18.9 Å². The average Bonchev–Trinajstić information content (AvgIpc) is 2.43. The summed E-state index contributed by atoms with van der Waals surface area (Å²) >= 11 is 0. The summed E-state index contributed by atoms with van der Waals surface area (Å²) in [6.45, 7) is -0.243. The van der Waals surface area contributed by atoms with Crippen LogP contribution in [0.3, 0.4) is 0 Å². The first-order chi connectivity index (χ1) is 9.41. The fourth-order valence-electron chi connectivity index (χ4n) is 2.13. The molecular formula is C11H10N4O5. The molecule has 1 amide bonds. The number of aromatic amines is 1. The minimum atomic E-state index is -0.730. The van der Waals surface area contributed by atoms with Crippen LogP contribution in [0.25, 0.3) is 11.0 Å². The second kappa shape index (κ2) is 3.83. The van der Waals surface area contributed by atoms with Crippen molar-refractivity contribution in [1.82, 2.24) is 14.1 Å². The number of ether oxygens (including phenoxy) is 1. The lowest BCUT2D eigenvalue weighted by Gasteiger charge is -2.18. The zero-order valence-corrected chi connectivity index (χ0v) is 10.6. The first-order valence-electron chi connectivity index (χ1n) is 5.70. The molecule has 2 aromatic rings. The highest BCUT2D eigenvalue weighted by Crippen LogP contribution is 2.22. The minimum absolute atomic E-state index is 0.0327. The Morgan fingerprint density at radius 2 is 1.80 bits per heavy atom. The highest BCUT2D eigenvalue weighted by molar-refractivity contribution is 5.97. The summed E-state index contributed by atoms with van der Waals surface area (Å²) in [5.74, 6) is -0.450. The smallest absolute Gasteiger partial charge is 0.332 e. The minimum Gasteiger partial charge on any atom is -0.467 e. The normalized spacial score (nSPS) is 13.8. The summed E-state index contributed by atoms with van der Waals surface area (Å²) in [6.07, 6.45) is 0. The third-order valence-electron chi connectivity index (χ3n) is 3.19. The molecule has 3 rings (SSSR count). The zero-order valence-electron chi connectivity index (χ0n) is 10.6. The van der Waals surface area contributed by atoms with Gasteiger partial charge in [0.2, 0.25) is 11.3 Å². The molecular weight excluding hydrogens is 268 g/mol. The molecule has 0 saturated heterocycles. The van der Waals surface area contributed by atoms with Gasteiger partial charge < -0.3 is 15.0 Å². The number of hydrogen-bond acceptors (Lipinski definition) is 5. The standard InChI is InChI=1S/C11H10N4O5/c1-14-8-5(10(18)15(2)11(14)19)7(17)6-9(13-8)20-3-4(16)12-6/h3H2,1-2H3,(H,12,16)(H,13,17). The molecule has 1 aliphatic heterocycles. The number of rotatable bonds is 0. The topological polar surface area (TPSA) is 115 Å². The maximum Gasteiger partial charge on any atom is 0.332 e. The van der Waals surface area contributed by atoms with Crippen LogP contribution in [0.4, 0.5) is 5.69 Å². The highest BCUT2D eigenvalue weighted by Gasteiger charge is 2.24. The number of fused-ring (bicyclic) bond motifs is 2. The van der Waals surface area contributed by atoms with Crippen LogP contribution in [0.2, 0.25) is 0 Å². The van der Waals surface area contributed by atoms with Crippen LogP contribution >= 0.6 is 0 Å². The van der Waals surface area contributed by atoms with E-state index in [-0.39, 0.29) is 29.2 Å². The Balaban J connectivity index is 2.57. The van der Waals surface area contributed by atoms with E-state index in [9.17, 15) is 19.2 Å². The Morgan fingerprint density at radius 3 is 2.50 bits per heavy atom. The van der Waals surface area contributed by atoms with Gasteiger partial charge in [0.1, 0.15) is 11.0 Å². The zero-order chi connectivity index (χ0) is 14.6. The first-order valence-corrected chi connectivity index (χ1v) is 5.70. The van der Waals surface area contributed by atoms with E-state index in [1.807, 2.05) is 0 Å². The van der Waals surface area contributed by atoms with Gasteiger partial charge in [0, 0.05) is 14.1 Å². The molecule has 1 aliphatic rings. The number of aromatic nitrogens is 3. The van der Waals surface area contributed by atoms with Crippen molar-refractivity contribution in [2.45, 2.75) is 0 Å². The SMILES string of the molecule is Cn1c(=O)c2c(=O)c3c([nH]c2n(C)c1=O)OCC(=O)N3. The van der Waals surface area contributed by atoms with Gasteiger partial charge in [0.25, 0.3) is 11.5 Å². The van der Waals surface area contributed by atoms with Gasteiger partial charge in [-0.1, -0.05) is 0 Å². The van der Waals surface area contributed by atoms with Gasteiger partial charge in [-0.15, -0.1) is 0 Å². The number of aryl methyl sites for hydroxylation is 1. The predicted molar refractivity (Wildman–Crippen MR) is 69.2 cm³/mol. The van der Waals surface area contributed by atoms with Crippen molar-refractivity contribution in [3.63, 3.8) is 0 Å². The molecule has 104 valence electrons. The summed E-state index contributed by atoms with van der Waals surface area (Å²) in [5, 5.41) is 2.15. The van der Waals surface area contributed by atoms with E-state index >= 15 is 0 Å². The number of nitrogens with zero attached hydrogens (tertiary/aromatic N) is 2. The third kappa shape index (κ3) is 1.43. The maximum atomic E-state index is 12.3. The maximum absolute atomic E-state index is 12.3. The predicted octanol–water partition coefficient (Wildman–Crippen LogP) is -1.74. The molecule has 3 heterocycles. The molecule has 0 aliphatic carbocycles. The quantitative estimate of drug-likeness (QED) is 0.593. The van der Waals surface area contributed by atoms with Gasteiger partial charge in [-0.2, -0.15) is 0 Å². The lowest BCUT2D eigenvalue weighted by molar-refractivity contribution is -0.118. The monoisotopic (exact) mass is 278 g/mol. The molecule has 0 unspecified atom stereocenters. The van der Waals surface area contributed by atoms with E-state index in [4.69, 9.17) is 4.74 Å². The summed E-state index contributed by atoms with van der Waals surface area (Å²) in [5.41, 5.74) is -2.05. The van der Waals surface area contributed by atoms with Crippen molar-refractivity contribution < 1.29 is 9.53 Å². The molecule has 20 heavy (non-hydrogen) atoms. The Hall–Kier alpha value is -2.84. The molecule has 0 saturated carbocycles. The van der Waals surface area contributed by atoms with Crippen molar-refractivity contribution in [1.29, 1.82) is 0 Å². The van der Waals surface area contributed by atoms with E-state index in [1.165, 1.54) is 14.1 Å². The van der Waals surface area contributed by atoms with Crippen LogP contribution in [-0.4, -0.2) is 26.6 Å². The van der Waals surface area contributed by atoms with Crippen molar-refractivity contribution in [2.24, 2.45) is 14.1 Å². The van der Waals surface area contributed by atoms with E-state index in [0.717, 1.165) is 9.13 Å². The van der Waals surface area contributed by atoms with Crippen molar-refractivity contribution in [2.75, 3.05) is 11.9 Å². The molecule has 2 N–H and O–H groups in total. The van der Waals surface area contributed by atoms with E-state index in [2.05, 4.69) is 10.3 Å². The molecule has 9 nitrogen and oxygen atoms in total. The van der Waals surface area contributed by atoms with Gasteiger partial charge in [-0.3, -0.25) is 23.5 Å². The molecule has 0 radical (unpaired) electrons. The molecule has 0 atom stereocenters. The molecule has 0 fully saturated rings. The molecule has 2 aromatic heterocycles. The lowest BCUT2D eigenvalue weighted by Crippen LogP contribution is -2.40. The highest BCUT2D eigenvalue weighted by atomic mass is 16.5. The Bertz CT molecular complexity index is 933. The summed E-state index contributed by atoms with van der Waals surface area (Å²) < 4.78 is 7.06. The number of carbonyl (C=O) groups is 1. The summed E-state index contributed by atoms with van der Waals surface area (Å²) in [6, 6.07) is 0. The molecule has 0 spiro atoms. The van der Waals surface area contributed by atoms with Gasteiger partial charge in [-0.25, -0.2) is 4.79 Å². The first kappa shape index (κ1) is 12.2. The Morgan fingerprint density at radius 1 is 1.10 bits per heavy atom. The van der Waals surface area contributed by atoms with Crippen LogP contribution in [0, 0.1) is 0 Å². The van der Waals surface area contributed by atoms with Crippen molar-refractivity contribution in [3.05, 3.63) is 31.1 Å². The Labute approximate surface area is 110 Å². The van der Waals surface area contributed by atoms with Crippen molar-refractivity contribution >= 4 is 22.6 Å². The van der Waals surface area contributed by atoms with Crippen molar-refractivity contribution in [3.8, 4) is 5.88 Å².